The van der Waals surface area contributed by atoms with E-state index in [1.54, 1.807) is 20.8 Å². The number of aryl methyl sites for hydroxylation is 2. The maximum atomic E-state index is 13.5. The zero-order chi connectivity index (χ0) is 31.1. The average molecular weight is 593 g/mol. The minimum absolute atomic E-state index is 0.0824. The van der Waals surface area contributed by atoms with E-state index in [4.69, 9.17) is 14.2 Å². The van der Waals surface area contributed by atoms with E-state index in [0.717, 1.165) is 9.13 Å². The van der Waals surface area contributed by atoms with Gasteiger partial charge in [-0.1, -0.05) is 0 Å². The van der Waals surface area contributed by atoms with Crippen LogP contribution in [-0.4, -0.2) is 72.1 Å². The molecule has 2 aliphatic heterocycles. The van der Waals surface area contributed by atoms with Crippen molar-refractivity contribution in [2.45, 2.75) is 89.8 Å². The molecule has 2 aliphatic rings. The first-order valence-electron chi connectivity index (χ1n) is 13.0. The van der Waals surface area contributed by atoms with Crippen LogP contribution < -0.4 is 33.1 Å². The molecule has 4 rings (SSSR count). The third-order valence-corrected chi connectivity index (χ3v) is 6.69. The summed E-state index contributed by atoms with van der Waals surface area (Å²) in [5.41, 5.74) is -3.30. The lowest BCUT2D eigenvalue weighted by Crippen LogP contribution is -2.53. The number of carbonyl (C=O) groups excluding carboxylic acids is 2. The number of aromatic amines is 2. The average Bonchev–Trinajstić information content (AvgIpc) is 3.47. The zero-order valence-electron chi connectivity index (χ0n) is 23.5. The molecule has 2 saturated heterocycles. The molecular weight excluding hydrogens is 560 g/mol. The van der Waals surface area contributed by atoms with Crippen molar-refractivity contribution in [3.05, 3.63) is 65.2 Å². The summed E-state index contributed by atoms with van der Waals surface area (Å²) in [6, 6.07) is -2.18. The number of hydrogen-bond donors (Lipinski definition) is 5. The number of carboxylic acids is 1. The van der Waals surface area contributed by atoms with Crippen LogP contribution >= 0.6 is 0 Å². The van der Waals surface area contributed by atoms with E-state index >= 15 is 0 Å². The van der Waals surface area contributed by atoms with E-state index in [1.165, 1.54) is 26.2 Å². The fourth-order valence-corrected chi connectivity index (χ4v) is 4.75. The third-order valence-electron chi connectivity index (χ3n) is 6.69. The fourth-order valence-electron chi connectivity index (χ4n) is 4.75. The van der Waals surface area contributed by atoms with Gasteiger partial charge < -0.3 is 30.0 Å². The Bertz CT molecular complexity index is 1630. The van der Waals surface area contributed by atoms with Gasteiger partial charge in [-0.2, -0.15) is 0 Å². The van der Waals surface area contributed by atoms with Crippen molar-refractivity contribution in [3.8, 4) is 0 Å². The van der Waals surface area contributed by atoms with Gasteiger partial charge in [-0.15, -0.1) is 0 Å². The number of amides is 2. The predicted molar refractivity (Wildman–Crippen MR) is 142 cm³/mol. The standard InChI is InChI=1S/C25H32N6O11/c1-10-8-30(22(37)28-18(10)32)14-6-12(27-24(39)42-25(3,4)5)16(40-14)20(34)26-13-7-15(41-17(13)21(35)36)31-9-11(2)19(33)29-23(31)38/h8-9,12-17H,6-7H2,1-5H3,(H,26,34)(H,27,39)(H,35,36)(H,28,32,37)(H,29,33,38)/t12-,13-,14+,15+,16-,17-/m0/s1. The molecule has 17 heteroatoms. The third kappa shape index (κ3) is 6.52. The second-order valence-electron chi connectivity index (χ2n) is 11.2. The molecule has 17 nitrogen and oxygen atoms in total. The molecule has 0 bridgehead atoms. The normalized spacial score (nSPS) is 25.6. The first-order chi connectivity index (χ1) is 19.5. The van der Waals surface area contributed by atoms with Crippen LogP contribution in [0.2, 0.25) is 0 Å². The number of ether oxygens (including phenoxy) is 3. The molecule has 0 spiro atoms. The molecule has 42 heavy (non-hydrogen) atoms. The van der Waals surface area contributed by atoms with Gasteiger partial charge in [0.15, 0.2) is 12.2 Å². The lowest BCUT2D eigenvalue weighted by molar-refractivity contribution is -0.153. The molecule has 2 fully saturated rings. The molecule has 2 aromatic rings. The number of carboxylic acid groups (broad SMARTS) is 1. The lowest BCUT2D eigenvalue weighted by Gasteiger charge is -2.24. The molecule has 0 radical (unpaired) electrons. The Hall–Kier alpha value is -4.51. The van der Waals surface area contributed by atoms with Crippen LogP contribution in [0.5, 0.6) is 0 Å². The first-order valence-corrected chi connectivity index (χ1v) is 13.0. The molecule has 2 amide bonds. The monoisotopic (exact) mass is 592 g/mol. The van der Waals surface area contributed by atoms with Crippen molar-refractivity contribution in [2.24, 2.45) is 0 Å². The summed E-state index contributed by atoms with van der Waals surface area (Å²) in [6.07, 6.45) is -3.83. The Kier molecular flexibility index (Phi) is 8.27. The van der Waals surface area contributed by atoms with Crippen LogP contribution in [0.1, 0.15) is 57.2 Å². The van der Waals surface area contributed by atoms with E-state index in [9.17, 15) is 38.7 Å². The molecule has 4 heterocycles. The highest BCUT2D eigenvalue weighted by atomic mass is 16.6. The SMILES string of the molecule is Cc1cn([C@H]2C[C@H](NC(=O)[C@H]3O[C@@H](n4cc(C)c(=O)[nH]c4=O)C[C@@H]3NC(=O)OC(C)(C)C)[C@@H](C(=O)O)O2)c(=O)[nH]c1=O. The molecule has 0 unspecified atom stereocenters. The van der Waals surface area contributed by atoms with E-state index in [-0.39, 0.29) is 24.0 Å². The van der Waals surface area contributed by atoms with E-state index in [2.05, 4.69) is 20.6 Å². The molecular formula is C25H32N6O11. The van der Waals surface area contributed by atoms with Gasteiger partial charge >= 0.3 is 23.4 Å². The summed E-state index contributed by atoms with van der Waals surface area (Å²) in [6.45, 7) is 7.86. The van der Waals surface area contributed by atoms with Crippen LogP contribution in [0.4, 0.5) is 4.79 Å². The maximum absolute atomic E-state index is 13.5. The Labute approximate surface area is 236 Å². The van der Waals surface area contributed by atoms with Gasteiger partial charge in [0, 0.05) is 36.4 Å². The summed E-state index contributed by atoms with van der Waals surface area (Å²) in [7, 11) is 0. The highest BCUT2D eigenvalue weighted by Crippen LogP contribution is 2.31. The summed E-state index contributed by atoms with van der Waals surface area (Å²) >= 11 is 0. The number of carbonyl (C=O) groups is 3. The highest BCUT2D eigenvalue weighted by molar-refractivity contribution is 5.84. The minimum Gasteiger partial charge on any atom is -0.479 e. The van der Waals surface area contributed by atoms with Crippen LogP contribution in [0.3, 0.4) is 0 Å². The Balaban J connectivity index is 1.59. The topological polar surface area (TPSA) is 233 Å². The van der Waals surface area contributed by atoms with E-state index < -0.39 is 82.8 Å². The van der Waals surface area contributed by atoms with Crippen LogP contribution in [0.25, 0.3) is 0 Å². The largest absolute Gasteiger partial charge is 0.479 e. The number of hydrogen-bond acceptors (Lipinski definition) is 10. The summed E-state index contributed by atoms with van der Waals surface area (Å²) in [5.74, 6) is -2.25. The Morgan fingerprint density at radius 2 is 1.31 bits per heavy atom. The summed E-state index contributed by atoms with van der Waals surface area (Å²) < 4.78 is 18.8. The summed E-state index contributed by atoms with van der Waals surface area (Å²) in [4.78, 5) is 90.8. The second-order valence-corrected chi connectivity index (χ2v) is 11.2. The molecule has 0 saturated carbocycles. The van der Waals surface area contributed by atoms with Crippen molar-refractivity contribution < 1.29 is 33.7 Å². The minimum atomic E-state index is -1.57. The van der Waals surface area contributed by atoms with Crippen LogP contribution in [0.15, 0.2) is 31.6 Å². The maximum Gasteiger partial charge on any atom is 0.407 e. The number of nitrogens with zero attached hydrogens (tertiary/aromatic N) is 2. The Morgan fingerprint density at radius 1 is 0.857 bits per heavy atom. The Morgan fingerprint density at radius 3 is 1.76 bits per heavy atom. The zero-order valence-corrected chi connectivity index (χ0v) is 23.5. The van der Waals surface area contributed by atoms with Gasteiger partial charge in [-0.3, -0.25) is 33.5 Å². The number of rotatable bonds is 6. The van der Waals surface area contributed by atoms with Gasteiger partial charge in [0.2, 0.25) is 0 Å². The summed E-state index contributed by atoms with van der Waals surface area (Å²) in [5, 5.41) is 14.9. The van der Waals surface area contributed by atoms with Crippen molar-refractivity contribution in [1.82, 2.24) is 29.7 Å². The van der Waals surface area contributed by atoms with Gasteiger partial charge in [-0.25, -0.2) is 19.2 Å². The van der Waals surface area contributed by atoms with Crippen LogP contribution in [0, 0.1) is 13.8 Å². The number of aromatic nitrogens is 4. The molecule has 6 atom stereocenters. The first kappa shape index (κ1) is 30.4. The quantitative estimate of drug-likeness (QED) is 0.266. The van der Waals surface area contributed by atoms with E-state index in [0.29, 0.717) is 0 Å². The fraction of sp³-hybridized carbons (Fsp3) is 0.560. The van der Waals surface area contributed by atoms with Crippen molar-refractivity contribution >= 4 is 18.0 Å². The molecule has 0 aliphatic carbocycles. The van der Waals surface area contributed by atoms with Gasteiger partial charge in [0.25, 0.3) is 17.0 Å². The predicted octanol–water partition coefficient (Wildman–Crippen LogP) is -1.26. The molecule has 5 N–H and O–H groups in total. The number of nitrogens with one attached hydrogen (secondary N) is 4. The van der Waals surface area contributed by atoms with Crippen molar-refractivity contribution in [3.63, 3.8) is 0 Å². The van der Waals surface area contributed by atoms with Crippen molar-refractivity contribution in [2.75, 3.05) is 0 Å². The molecule has 2 aromatic heterocycles. The van der Waals surface area contributed by atoms with Gasteiger partial charge in [0.05, 0.1) is 12.1 Å². The van der Waals surface area contributed by atoms with E-state index in [1.807, 2.05) is 0 Å². The number of aliphatic carboxylic acids is 1. The molecule has 0 aromatic carbocycles. The van der Waals surface area contributed by atoms with Gasteiger partial charge in [0.1, 0.15) is 18.1 Å². The smallest absolute Gasteiger partial charge is 0.407 e. The number of H-pyrrole nitrogens is 2. The highest BCUT2D eigenvalue weighted by Gasteiger charge is 2.47. The number of alkyl carbamates (subject to hydrolysis) is 1. The van der Waals surface area contributed by atoms with Crippen molar-refractivity contribution in [1.29, 1.82) is 0 Å². The van der Waals surface area contributed by atoms with Gasteiger partial charge in [-0.05, 0) is 34.6 Å². The molecule has 228 valence electrons. The van der Waals surface area contributed by atoms with Crippen LogP contribution in [-0.2, 0) is 23.8 Å². The second kappa shape index (κ2) is 11.4. The lowest BCUT2D eigenvalue weighted by atomic mass is 10.1.